The first kappa shape index (κ1) is 15.2. The standard InChI is InChI=1S/C18H20N4O/c1-4-21(16-8-6-5-7-9-16)18(23)15-10-14-12-20-22(13(2)3)17(14)19-11-15/h5-13H,4H2,1-3H3. The Morgan fingerprint density at radius 1 is 1.22 bits per heavy atom. The van der Waals surface area contributed by atoms with Crippen LogP contribution in [0.25, 0.3) is 11.0 Å². The van der Waals surface area contributed by atoms with Gasteiger partial charge in [0.05, 0.1) is 11.8 Å². The van der Waals surface area contributed by atoms with Gasteiger partial charge in [-0.3, -0.25) is 4.79 Å². The minimum Gasteiger partial charge on any atom is -0.309 e. The van der Waals surface area contributed by atoms with E-state index in [1.807, 2.05) is 48.0 Å². The van der Waals surface area contributed by atoms with Gasteiger partial charge in [0.1, 0.15) is 0 Å². The van der Waals surface area contributed by atoms with E-state index in [-0.39, 0.29) is 11.9 Å². The number of rotatable bonds is 4. The van der Waals surface area contributed by atoms with Gasteiger partial charge in [-0.05, 0) is 39.0 Å². The van der Waals surface area contributed by atoms with E-state index in [0.717, 1.165) is 16.7 Å². The number of hydrogen-bond donors (Lipinski definition) is 0. The smallest absolute Gasteiger partial charge is 0.259 e. The summed E-state index contributed by atoms with van der Waals surface area (Å²) >= 11 is 0. The lowest BCUT2D eigenvalue weighted by Crippen LogP contribution is -2.30. The van der Waals surface area contributed by atoms with Crippen molar-refractivity contribution in [2.45, 2.75) is 26.8 Å². The quantitative estimate of drug-likeness (QED) is 0.739. The normalized spacial score (nSPS) is 11.1. The SMILES string of the molecule is CCN(C(=O)c1cnc2c(cnn2C(C)C)c1)c1ccccc1. The molecule has 2 aromatic heterocycles. The first-order valence-electron chi connectivity index (χ1n) is 7.82. The molecule has 118 valence electrons. The average Bonchev–Trinajstić information content (AvgIpc) is 2.99. The second-order valence-corrected chi connectivity index (χ2v) is 5.70. The third kappa shape index (κ3) is 2.82. The molecule has 1 aromatic carbocycles. The van der Waals surface area contributed by atoms with E-state index in [0.29, 0.717) is 12.1 Å². The number of amides is 1. The number of fused-ring (bicyclic) bond motifs is 1. The fourth-order valence-electron chi connectivity index (χ4n) is 2.64. The molecular weight excluding hydrogens is 288 g/mol. The van der Waals surface area contributed by atoms with Crippen molar-refractivity contribution in [1.82, 2.24) is 14.8 Å². The van der Waals surface area contributed by atoms with E-state index < -0.39 is 0 Å². The summed E-state index contributed by atoms with van der Waals surface area (Å²) in [5, 5.41) is 5.23. The van der Waals surface area contributed by atoms with Crippen molar-refractivity contribution in [3.05, 3.63) is 54.4 Å². The molecule has 0 aliphatic carbocycles. The third-order valence-corrected chi connectivity index (χ3v) is 3.80. The molecule has 0 saturated heterocycles. The topological polar surface area (TPSA) is 51.0 Å². The van der Waals surface area contributed by atoms with E-state index in [1.165, 1.54) is 0 Å². The highest BCUT2D eigenvalue weighted by Crippen LogP contribution is 2.20. The highest BCUT2D eigenvalue weighted by atomic mass is 16.2. The summed E-state index contributed by atoms with van der Waals surface area (Å²) in [5.74, 6) is -0.0506. The third-order valence-electron chi connectivity index (χ3n) is 3.80. The van der Waals surface area contributed by atoms with E-state index in [2.05, 4.69) is 23.9 Å². The van der Waals surface area contributed by atoms with E-state index >= 15 is 0 Å². The minimum atomic E-state index is -0.0506. The van der Waals surface area contributed by atoms with Crippen molar-refractivity contribution in [2.75, 3.05) is 11.4 Å². The summed E-state index contributed by atoms with van der Waals surface area (Å²) in [4.78, 5) is 19.0. The molecule has 23 heavy (non-hydrogen) atoms. The molecule has 0 fully saturated rings. The van der Waals surface area contributed by atoms with Crippen LogP contribution in [0.2, 0.25) is 0 Å². The van der Waals surface area contributed by atoms with Gasteiger partial charge in [0.2, 0.25) is 0 Å². The van der Waals surface area contributed by atoms with Crippen LogP contribution in [-0.2, 0) is 0 Å². The monoisotopic (exact) mass is 308 g/mol. The van der Waals surface area contributed by atoms with Crippen LogP contribution in [0, 0.1) is 0 Å². The predicted molar refractivity (Wildman–Crippen MR) is 91.7 cm³/mol. The number of para-hydroxylation sites is 1. The van der Waals surface area contributed by atoms with Crippen LogP contribution in [0.3, 0.4) is 0 Å². The Hall–Kier alpha value is -2.69. The van der Waals surface area contributed by atoms with Crippen molar-refractivity contribution in [1.29, 1.82) is 0 Å². The molecule has 0 aliphatic rings. The summed E-state index contributed by atoms with van der Waals surface area (Å²) in [7, 11) is 0. The van der Waals surface area contributed by atoms with Crippen molar-refractivity contribution in [3.63, 3.8) is 0 Å². The number of hydrogen-bond acceptors (Lipinski definition) is 3. The molecule has 0 bridgehead atoms. The van der Waals surface area contributed by atoms with Gasteiger partial charge in [0.25, 0.3) is 5.91 Å². The van der Waals surface area contributed by atoms with Crippen LogP contribution in [0.4, 0.5) is 5.69 Å². The Kier molecular flexibility index (Phi) is 4.10. The fourth-order valence-corrected chi connectivity index (χ4v) is 2.64. The van der Waals surface area contributed by atoms with Crippen LogP contribution in [0.15, 0.2) is 48.8 Å². The van der Waals surface area contributed by atoms with E-state index in [9.17, 15) is 4.79 Å². The lowest BCUT2D eigenvalue weighted by atomic mass is 10.2. The zero-order valence-corrected chi connectivity index (χ0v) is 13.6. The molecule has 0 N–H and O–H groups in total. The summed E-state index contributed by atoms with van der Waals surface area (Å²) in [5.41, 5.74) is 2.27. The molecule has 0 unspecified atom stereocenters. The summed E-state index contributed by atoms with van der Waals surface area (Å²) in [6, 6.07) is 11.8. The fraction of sp³-hybridized carbons (Fsp3) is 0.278. The van der Waals surface area contributed by atoms with Gasteiger partial charge < -0.3 is 4.90 Å². The summed E-state index contributed by atoms with van der Waals surface area (Å²) in [6.07, 6.45) is 3.40. The van der Waals surface area contributed by atoms with Gasteiger partial charge >= 0.3 is 0 Å². The molecule has 1 amide bonds. The molecular formula is C18H20N4O. The number of benzene rings is 1. The Morgan fingerprint density at radius 2 is 1.96 bits per heavy atom. The lowest BCUT2D eigenvalue weighted by molar-refractivity contribution is 0.0988. The van der Waals surface area contributed by atoms with Gasteiger partial charge in [-0.2, -0.15) is 5.10 Å². The summed E-state index contributed by atoms with van der Waals surface area (Å²) < 4.78 is 1.86. The number of carbonyl (C=O) groups excluding carboxylic acids is 1. The van der Waals surface area contributed by atoms with E-state index in [4.69, 9.17) is 0 Å². The largest absolute Gasteiger partial charge is 0.309 e. The summed E-state index contributed by atoms with van der Waals surface area (Å²) in [6.45, 7) is 6.68. The molecule has 0 spiro atoms. The first-order valence-corrected chi connectivity index (χ1v) is 7.82. The maximum atomic E-state index is 12.8. The van der Waals surface area contributed by atoms with Crippen LogP contribution in [-0.4, -0.2) is 27.2 Å². The first-order chi connectivity index (χ1) is 11.1. The van der Waals surface area contributed by atoms with Crippen molar-refractivity contribution >= 4 is 22.6 Å². The van der Waals surface area contributed by atoms with Crippen LogP contribution < -0.4 is 4.90 Å². The maximum Gasteiger partial charge on any atom is 0.259 e. The molecule has 2 heterocycles. The van der Waals surface area contributed by atoms with Crippen molar-refractivity contribution in [3.8, 4) is 0 Å². The number of nitrogens with zero attached hydrogens (tertiary/aromatic N) is 4. The van der Waals surface area contributed by atoms with Crippen LogP contribution in [0.1, 0.15) is 37.2 Å². The lowest BCUT2D eigenvalue weighted by Gasteiger charge is -2.21. The highest BCUT2D eigenvalue weighted by molar-refractivity contribution is 6.07. The maximum absolute atomic E-state index is 12.8. The van der Waals surface area contributed by atoms with Crippen LogP contribution >= 0.6 is 0 Å². The minimum absolute atomic E-state index is 0.0506. The number of carbonyl (C=O) groups is 1. The van der Waals surface area contributed by atoms with Crippen molar-refractivity contribution in [2.24, 2.45) is 0 Å². The zero-order chi connectivity index (χ0) is 16.4. The molecule has 0 saturated carbocycles. The molecule has 0 radical (unpaired) electrons. The van der Waals surface area contributed by atoms with E-state index in [1.54, 1.807) is 17.3 Å². The van der Waals surface area contributed by atoms with Gasteiger partial charge in [-0.1, -0.05) is 18.2 Å². The Balaban J connectivity index is 1.97. The Morgan fingerprint density at radius 3 is 2.61 bits per heavy atom. The van der Waals surface area contributed by atoms with Gasteiger partial charge in [0.15, 0.2) is 5.65 Å². The zero-order valence-electron chi connectivity index (χ0n) is 13.6. The second kappa shape index (κ2) is 6.20. The van der Waals surface area contributed by atoms with Crippen LogP contribution in [0.5, 0.6) is 0 Å². The number of anilines is 1. The van der Waals surface area contributed by atoms with Crippen molar-refractivity contribution < 1.29 is 4.79 Å². The molecule has 5 nitrogen and oxygen atoms in total. The Labute approximate surface area is 135 Å². The highest BCUT2D eigenvalue weighted by Gasteiger charge is 2.18. The molecule has 0 atom stereocenters. The Bertz CT molecular complexity index is 823. The predicted octanol–water partition coefficient (Wildman–Crippen LogP) is 3.68. The number of pyridine rings is 1. The molecule has 3 rings (SSSR count). The molecule has 0 aliphatic heterocycles. The second-order valence-electron chi connectivity index (χ2n) is 5.70. The number of aromatic nitrogens is 3. The van der Waals surface area contributed by atoms with Gasteiger partial charge in [-0.15, -0.1) is 0 Å². The molecule has 3 aromatic rings. The van der Waals surface area contributed by atoms with Gasteiger partial charge in [-0.25, -0.2) is 9.67 Å². The molecule has 5 heteroatoms. The average molecular weight is 308 g/mol. The van der Waals surface area contributed by atoms with Gasteiger partial charge in [0, 0.05) is 29.9 Å².